The molecule has 0 saturated carbocycles. The lowest BCUT2D eigenvalue weighted by atomic mass is 10.0. The van der Waals surface area contributed by atoms with Gasteiger partial charge < -0.3 is 9.64 Å². The van der Waals surface area contributed by atoms with E-state index in [4.69, 9.17) is 4.74 Å². The van der Waals surface area contributed by atoms with E-state index in [1.165, 1.54) is 4.90 Å². The first kappa shape index (κ1) is 22.8. The molecule has 1 aliphatic heterocycles. The maximum atomic E-state index is 13.5. The number of hydrogen-bond donors (Lipinski definition) is 0. The number of rotatable bonds is 11. The van der Waals surface area contributed by atoms with E-state index < -0.39 is 0 Å². The minimum Gasteiger partial charge on any atom is -0.381 e. The Bertz CT molecular complexity index is 919. The summed E-state index contributed by atoms with van der Waals surface area (Å²) in [6.45, 7) is 8.33. The number of likely N-dealkylation sites (N-methyl/N-ethyl adjacent to an activating group) is 1. The summed E-state index contributed by atoms with van der Waals surface area (Å²) in [6.07, 6.45) is 2.74. The molecule has 0 atom stereocenters. The molecule has 2 aromatic rings. The van der Waals surface area contributed by atoms with Crippen LogP contribution in [0, 0.1) is 6.92 Å². The Morgan fingerprint density at radius 2 is 1.55 bits per heavy atom. The van der Waals surface area contributed by atoms with Crippen LogP contribution in [-0.2, 0) is 14.3 Å². The fourth-order valence-corrected chi connectivity index (χ4v) is 3.75. The molecule has 1 aliphatic rings. The minimum absolute atomic E-state index is 0.230. The monoisotopic (exact) mass is 420 g/mol. The van der Waals surface area contributed by atoms with Gasteiger partial charge in [-0.3, -0.25) is 14.5 Å². The molecule has 31 heavy (non-hydrogen) atoms. The van der Waals surface area contributed by atoms with Crippen molar-refractivity contribution >= 4 is 23.1 Å². The van der Waals surface area contributed by atoms with Gasteiger partial charge in [-0.1, -0.05) is 61.4 Å². The molecule has 0 aliphatic carbocycles. The van der Waals surface area contributed by atoms with Crippen molar-refractivity contribution in [3.63, 3.8) is 0 Å². The van der Waals surface area contributed by atoms with Gasteiger partial charge in [0.15, 0.2) is 0 Å². The first-order chi connectivity index (χ1) is 15.1. The highest BCUT2D eigenvalue weighted by molar-refractivity contribution is 6.36. The van der Waals surface area contributed by atoms with Crippen molar-refractivity contribution < 1.29 is 14.3 Å². The SMILES string of the molecule is CCCCOCCCN1C(=O)C(c2ccc(C)cc2)=C(N(CC)c2ccccc2)C1=O. The second-order valence-corrected chi connectivity index (χ2v) is 7.75. The highest BCUT2D eigenvalue weighted by atomic mass is 16.5. The third-order valence-electron chi connectivity index (χ3n) is 5.45. The molecule has 0 bridgehead atoms. The van der Waals surface area contributed by atoms with Gasteiger partial charge in [0, 0.05) is 32.0 Å². The summed E-state index contributed by atoms with van der Waals surface area (Å²) in [5.41, 5.74) is 3.71. The number of ether oxygens (including phenoxy) is 1. The molecule has 3 rings (SSSR count). The zero-order valence-corrected chi connectivity index (χ0v) is 18.8. The summed E-state index contributed by atoms with van der Waals surface area (Å²) in [6, 6.07) is 17.5. The Morgan fingerprint density at radius 3 is 2.19 bits per heavy atom. The van der Waals surface area contributed by atoms with Crippen molar-refractivity contribution in [2.75, 3.05) is 31.2 Å². The van der Waals surface area contributed by atoms with E-state index in [1.54, 1.807) is 0 Å². The van der Waals surface area contributed by atoms with Crippen LogP contribution in [0.25, 0.3) is 5.57 Å². The van der Waals surface area contributed by atoms with E-state index in [0.29, 0.717) is 44.0 Å². The average Bonchev–Trinajstić information content (AvgIpc) is 3.03. The normalized spacial score (nSPS) is 14.0. The van der Waals surface area contributed by atoms with Gasteiger partial charge in [0.1, 0.15) is 5.70 Å². The van der Waals surface area contributed by atoms with Crippen LogP contribution in [-0.4, -0.2) is 43.0 Å². The van der Waals surface area contributed by atoms with Crippen molar-refractivity contribution in [3.8, 4) is 0 Å². The number of unbranched alkanes of at least 4 members (excludes halogenated alkanes) is 1. The second kappa shape index (κ2) is 10.9. The number of benzene rings is 2. The lowest BCUT2D eigenvalue weighted by Gasteiger charge is -2.25. The molecule has 0 unspecified atom stereocenters. The van der Waals surface area contributed by atoms with Gasteiger partial charge in [-0.25, -0.2) is 0 Å². The van der Waals surface area contributed by atoms with Crippen molar-refractivity contribution in [1.29, 1.82) is 0 Å². The first-order valence-corrected chi connectivity index (χ1v) is 11.2. The lowest BCUT2D eigenvalue weighted by molar-refractivity contribution is -0.137. The fraction of sp³-hybridized carbons (Fsp3) is 0.385. The molecule has 0 saturated heterocycles. The number of carbonyl (C=O) groups excluding carboxylic acids is 2. The summed E-state index contributed by atoms with van der Waals surface area (Å²) in [7, 11) is 0. The molecule has 2 amide bonds. The highest BCUT2D eigenvalue weighted by Crippen LogP contribution is 2.34. The molecule has 2 aromatic carbocycles. The number of aryl methyl sites for hydroxylation is 1. The smallest absolute Gasteiger partial charge is 0.278 e. The predicted octanol–water partition coefficient (Wildman–Crippen LogP) is 4.81. The quantitative estimate of drug-likeness (QED) is 0.387. The second-order valence-electron chi connectivity index (χ2n) is 7.75. The molecular weight excluding hydrogens is 388 g/mol. The van der Waals surface area contributed by atoms with E-state index >= 15 is 0 Å². The number of imide groups is 1. The van der Waals surface area contributed by atoms with Crippen LogP contribution in [0.15, 0.2) is 60.3 Å². The Hall–Kier alpha value is -2.92. The number of anilines is 1. The maximum Gasteiger partial charge on any atom is 0.278 e. The van der Waals surface area contributed by atoms with Crippen LogP contribution in [0.4, 0.5) is 5.69 Å². The van der Waals surface area contributed by atoms with Crippen LogP contribution in [0.5, 0.6) is 0 Å². The summed E-state index contributed by atoms with van der Waals surface area (Å²) in [5.74, 6) is -0.466. The maximum absolute atomic E-state index is 13.5. The Kier molecular flexibility index (Phi) is 8.01. The van der Waals surface area contributed by atoms with Gasteiger partial charge in [0.05, 0.1) is 5.57 Å². The number of hydrogen-bond acceptors (Lipinski definition) is 4. The first-order valence-electron chi connectivity index (χ1n) is 11.2. The molecule has 164 valence electrons. The zero-order chi connectivity index (χ0) is 22.2. The van der Waals surface area contributed by atoms with E-state index in [-0.39, 0.29) is 11.8 Å². The molecule has 1 heterocycles. The van der Waals surface area contributed by atoms with E-state index in [9.17, 15) is 9.59 Å². The van der Waals surface area contributed by atoms with Gasteiger partial charge in [-0.05, 0) is 44.4 Å². The molecule has 0 spiro atoms. The van der Waals surface area contributed by atoms with Crippen LogP contribution in [0.2, 0.25) is 0 Å². The van der Waals surface area contributed by atoms with E-state index in [1.807, 2.05) is 73.3 Å². The summed E-state index contributed by atoms with van der Waals surface area (Å²) >= 11 is 0. The number of amides is 2. The summed E-state index contributed by atoms with van der Waals surface area (Å²) in [4.78, 5) is 30.2. The van der Waals surface area contributed by atoms with Gasteiger partial charge in [0.2, 0.25) is 0 Å². The predicted molar refractivity (Wildman–Crippen MR) is 125 cm³/mol. The van der Waals surface area contributed by atoms with E-state index in [0.717, 1.165) is 29.7 Å². The molecule has 0 aromatic heterocycles. The Balaban J connectivity index is 1.91. The molecule has 0 N–H and O–H groups in total. The van der Waals surface area contributed by atoms with Crippen molar-refractivity contribution in [1.82, 2.24) is 4.90 Å². The van der Waals surface area contributed by atoms with Gasteiger partial charge in [-0.2, -0.15) is 0 Å². The van der Waals surface area contributed by atoms with Gasteiger partial charge >= 0.3 is 0 Å². The molecule has 0 radical (unpaired) electrons. The standard InChI is InChI=1S/C26H32N2O3/c1-4-6-18-31-19-10-17-28-25(29)23(21-15-13-20(3)14-16-21)24(26(28)30)27(5-2)22-11-8-7-9-12-22/h7-9,11-16H,4-6,10,17-19H2,1-3H3. The van der Waals surface area contributed by atoms with Gasteiger partial charge in [0.25, 0.3) is 11.8 Å². The van der Waals surface area contributed by atoms with Crippen LogP contribution < -0.4 is 4.90 Å². The van der Waals surface area contributed by atoms with E-state index in [2.05, 4.69) is 6.92 Å². The lowest BCUT2D eigenvalue weighted by Crippen LogP contribution is -2.36. The van der Waals surface area contributed by atoms with Crippen molar-refractivity contribution in [2.24, 2.45) is 0 Å². The van der Waals surface area contributed by atoms with Crippen LogP contribution in [0.1, 0.15) is 44.2 Å². The molecule has 0 fully saturated rings. The largest absolute Gasteiger partial charge is 0.381 e. The summed E-state index contributed by atoms with van der Waals surface area (Å²) < 4.78 is 5.62. The Morgan fingerprint density at radius 1 is 0.871 bits per heavy atom. The van der Waals surface area contributed by atoms with Crippen molar-refractivity contribution in [3.05, 3.63) is 71.4 Å². The highest BCUT2D eigenvalue weighted by Gasteiger charge is 2.41. The third kappa shape index (κ3) is 5.23. The topological polar surface area (TPSA) is 49.9 Å². The third-order valence-corrected chi connectivity index (χ3v) is 5.45. The summed E-state index contributed by atoms with van der Waals surface area (Å²) in [5, 5.41) is 0. The fourth-order valence-electron chi connectivity index (χ4n) is 3.75. The number of nitrogens with zero attached hydrogens (tertiary/aromatic N) is 2. The number of para-hydroxylation sites is 1. The minimum atomic E-state index is -0.236. The van der Waals surface area contributed by atoms with Crippen LogP contribution >= 0.6 is 0 Å². The number of carbonyl (C=O) groups is 2. The average molecular weight is 421 g/mol. The molecule has 5 nitrogen and oxygen atoms in total. The Labute approximate surface area is 185 Å². The molecule has 5 heteroatoms. The van der Waals surface area contributed by atoms with Gasteiger partial charge in [-0.15, -0.1) is 0 Å². The zero-order valence-electron chi connectivity index (χ0n) is 18.8. The van der Waals surface area contributed by atoms with Crippen molar-refractivity contribution in [2.45, 2.75) is 40.0 Å². The molecular formula is C26H32N2O3. The van der Waals surface area contributed by atoms with Crippen LogP contribution in [0.3, 0.4) is 0 Å².